The Morgan fingerprint density at radius 3 is 2.42 bits per heavy atom. The molecule has 2 amide bonds. The Morgan fingerprint density at radius 1 is 0.879 bits per heavy atom. The lowest BCUT2D eigenvalue weighted by Gasteiger charge is -2.16. The number of amides is 2. The first-order valence-corrected chi connectivity index (χ1v) is 11.5. The van der Waals surface area contributed by atoms with Crippen LogP contribution in [0.3, 0.4) is 0 Å². The predicted octanol–water partition coefficient (Wildman–Crippen LogP) is 6.74. The molecule has 0 aliphatic rings. The summed E-state index contributed by atoms with van der Waals surface area (Å²) in [5.41, 5.74) is 1.30. The monoisotopic (exact) mass is 458 g/mol. The Morgan fingerprint density at radius 2 is 1.61 bits per heavy atom. The summed E-state index contributed by atoms with van der Waals surface area (Å²) in [6.45, 7) is 1.96. The molecule has 166 valence electrons. The van der Waals surface area contributed by atoms with Gasteiger partial charge in [0.15, 0.2) is 0 Å². The minimum atomic E-state index is -0.573. The van der Waals surface area contributed by atoms with E-state index >= 15 is 0 Å². The third-order valence-corrected chi connectivity index (χ3v) is 6.56. The van der Waals surface area contributed by atoms with Gasteiger partial charge in [-0.25, -0.2) is 4.39 Å². The number of halogens is 1. The summed E-state index contributed by atoms with van der Waals surface area (Å²) >= 11 is 1.42. The average Bonchev–Trinajstić information content (AvgIpc) is 2.83. The van der Waals surface area contributed by atoms with E-state index in [1.807, 2.05) is 55.5 Å². The number of benzene rings is 4. The molecule has 1 atom stereocenters. The van der Waals surface area contributed by atoms with E-state index in [4.69, 9.17) is 0 Å². The van der Waals surface area contributed by atoms with Gasteiger partial charge in [-0.15, -0.1) is 11.8 Å². The predicted molar refractivity (Wildman–Crippen MR) is 133 cm³/mol. The van der Waals surface area contributed by atoms with E-state index in [2.05, 4.69) is 10.6 Å². The number of carbonyl (C=O) groups excluding carboxylic acids is 2. The molecule has 0 saturated heterocycles. The van der Waals surface area contributed by atoms with Gasteiger partial charge in [-0.3, -0.25) is 9.59 Å². The van der Waals surface area contributed by atoms with Crippen LogP contribution in [0.5, 0.6) is 0 Å². The fourth-order valence-electron chi connectivity index (χ4n) is 3.53. The maximum atomic E-state index is 13.9. The molecular weight excluding hydrogens is 435 g/mol. The van der Waals surface area contributed by atoms with Crippen LogP contribution in [0.2, 0.25) is 0 Å². The summed E-state index contributed by atoms with van der Waals surface area (Å²) in [6, 6.07) is 26.8. The molecule has 4 rings (SSSR count). The Bertz CT molecular complexity index is 1300. The van der Waals surface area contributed by atoms with Crippen LogP contribution in [0, 0.1) is 5.82 Å². The van der Waals surface area contributed by atoms with E-state index in [0.717, 1.165) is 21.4 Å². The standard InChI is InChI=1S/C27H23FN2O2S/c1-2-25(27(32)30-24-16-7-10-18-9-3-4-13-21(18)24)33-20-12-8-11-19(17-20)29-26(31)22-14-5-6-15-23(22)28/h3-17,25H,2H2,1H3,(H,29,31)(H,30,32). The molecule has 33 heavy (non-hydrogen) atoms. The fourth-order valence-corrected chi connectivity index (χ4v) is 4.54. The molecule has 0 radical (unpaired) electrons. The molecule has 2 N–H and O–H groups in total. The van der Waals surface area contributed by atoms with Crippen molar-refractivity contribution in [3.05, 3.63) is 102 Å². The van der Waals surface area contributed by atoms with Crippen molar-refractivity contribution < 1.29 is 14.0 Å². The smallest absolute Gasteiger partial charge is 0.258 e. The van der Waals surface area contributed by atoms with Crippen molar-refractivity contribution in [3.8, 4) is 0 Å². The lowest BCUT2D eigenvalue weighted by Crippen LogP contribution is -2.24. The Kier molecular flexibility index (Phi) is 7.05. The third-order valence-electron chi connectivity index (χ3n) is 5.20. The van der Waals surface area contributed by atoms with Gasteiger partial charge in [0.05, 0.1) is 10.8 Å². The molecular formula is C27H23FN2O2S. The molecule has 0 fully saturated rings. The van der Waals surface area contributed by atoms with Crippen LogP contribution < -0.4 is 10.6 Å². The summed E-state index contributed by atoms with van der Waals surface area (Å²) in [7, 11) is 0. The molecule has 0 aromatic heterocycles. The summed E-state index contributed by atoms with van der Waals surface area (Å²) < 4.78 is 13.9. The van der Waals surface area contributed by atoms with E-state index < -0.39 is 11.7 Å². The SMILES string of the molecule is CCC(Sc1cccc(NC(=O)c2ccccc2F)c1)C(=O)Nc1cccc2ccccc12. The highest BCUT2D eigenvalue weighted by Gasteiger charge is 2.19. The highest BCUT2D eigenvalue weighted by molar-refractivity contribution is 8.00. The zero-order valence-corrected chi connectivity index (χ0v) is 18.9. The number of fused-ring (bicyclic) bond motifs is 1. The Labute approximate surface area is 196 Å². The zero-order chi connectivity index (χ0) is 23.2. The van der Waals surface area contributed by atoms with Crippen molar-refractivity contribution >= 4 is 45.7 Å². The highest BCUT2D eigenvalue weighted by Crippen LogP contribution is 2.30. The fraction of sp³-hybridized carbons (Fsp3) is 0.111. The molecule has 4 nitrogen and oxygen atoms in total. The van der Waals surface area contributed by atoms with Crippen LogP contribution in [0.15, 0.2) is 95.9 Å². The van der Waals surface area contributed by atoms with Crippen molar-refractivity contribution in [2.45, 2.75) is 23.5 Å². The van der Waals surface area contributed by atoms with E-state index in [1.54, 1.807) is 24.3 Å². The van der Waals surface area contributed by atoms with Crippen LogP contribution in [-0.4, -0.2) is 17.1 Å². The molecule has 0 bridgehead atoms. The van der Waals surface area contributed by atoms with Gasteiger partial charge in [0.2, 0.25) is 5.91 Å². The summed E-state index contributed by atoms with van der Waals surface area (Å²) in [4.78, 5) is 26.3. The van der Waals surface area contributed by atoms with E-state index in [1.165, 1.54) is 30.0 Å². The molecule has 1 unspecified atom stereocenters. The number of anilines is 2. The Hall–Kier alpha value is -3.64. The van der Waals surface area contributed by atoms with Gasteiger partial charge in [0.25, 0.3) is 5.91 Å². The van der Waals surface area contributed by atoms with Gasteiger partial charge >= 0.3 is 0 Å². The van der Waals surface area contributed by atoms with Crippen LogP contribution in [-0.2, 0) is 4.79 Å². The second kappa shape index (κ2) is 10.3. The third kappa shape index (κ3) is 5.41. The lowest BCUT2D eigenvalue weighted by molar-refractivity contribution is -0.115. The summed E-state index contributed by atoms with van der Waals surface area (Å²) in [5, 5.41) is 7.52. The molecule has 4 aromatic carbocycles. The minimum absolute atomic E-state index is 0.0172. The quantitative estimate of drug-likeness (QED) is 0.302. The Balaban J connectivity index is 1.46. The second-order valence-corrected chi connectivity index (χ2v) is 8.77. The topological polar surface area (TPSA) is 58.2 Å². The second-order valence-electron chi connectivity index (χ2n) is 7.49. The molecule has 0 aliphatic carbocycles. The number of thioether (sulfide) groups is 1. The first-order chi connectivity index (χ1) is 16.0. The van der Waals surface area contributed by atoms with Crippen LogP contribution in [0.25, 0.3) is 10.8 Å². The van der Waals surface area contributed by atoms with Gasteiger partial charge in [-0.1, -0.05) is 61.5 Å². The molecule has 0 spiro atoms. The highest BCUT2D eigenvalue weighted by atomic mass is 32.2. The van der Waals surface area contributed by atoms with Crippen LogP contribution in [0.1, 0.15) is 23.7 Å². The van der Waals surface area contributed by atoms with Crippen molar-refractivity contribution in [2.24, 2.45) is 0 Å². The van der Waals surface area contributed by atoms with E-state index in [-0.39, 0.29) is 16.7 Å². The van der Waals surface area contributed by atoms with Gasteiger partial charge in [0.1, 0.15) is 5.82 Å². The van der Waals surface area contributed by atoms with Gasteiger partial charge in [-0.05, 0) is 48.2 Å². The van der Waals surface area contributed by atoms with Crippen molar-refractivity contribution in [3.63, 3.8) is 0 Å². The lowest BCUT2D eigenvalue weighted by atomic mass is 10.1. The average molecular weight is 459 g/mol. The van der Waals surface area contributed by atoms with Crippen molar-refractivity contribution in [1.82, 2.24) is 0 Å². The summed E-state index contributed by atoms with van der Waals surface area (Å²) in [5.74, 6) is -1.17. The van der Waals surface area contributed by atoms with Crippen molar-refractivity contribution in [2.75, 3.05) is 10.6 Å². The number of carbonyl (C=O) groups is 2. The van der Waals surface area contributed by atoms with E-state index in [9.17, 15) is 14.0 Å². The molecule has 6 heteroatoms. The molecule has 0 saturated carbocycles. The van der Waals surface area contributed by atoms with Crippen molar-refractivity contribution in [1.29, 1.82) is 0 Å². The molecule has 4 aromatic rings. The molecule has 0 heterocycles. The van der Waals surface area contributed by atoms with Crippen LogP contribution in [0.4, 0.5) is 15.8 Å². The van der Waals surface area contributed by atoms with Gasteiger partial charge < -0.3 is 10.6 Å². The first-order valence-electron chi connectivity index (χ1n) is 10.7. The zero-order valence-electron chi connectivity index (χ0n) is 18.0. The number of hydrogen-bond donors (Lipinski definition) is 2. The maximum absolute atomic E-state index is 13.9. The normalized spacial score (nSPS) is 11.7. The molecule has 0 aliphatic heterocycles. The van der Waals surface area contributed by atoms with Crippen LogP contribution >= 0.6 is 11.8 Å². The number of hydrogen-bond acceptors (Lipinski definition) is 3. The van der Waals surface area contributed by atoms with Gasteiger partial charge in [-0.2, -0.15) is 0 Å². The maximum Gasteiger partial charge on any atom is 0.258 e. The first kappa shape index (κ1) is 22.6. The largest absolute Gasteiger partial charge is 0.325 e. The number of rotatable bonds is 7. The summed E-state index contributed by atoms with van der Waals surface area (Å²) in [6.07, 6.45) is 0.632. The van der Waals surface area contributed by atoms with Gasteiger partial charge in [0, 0.05) is 21.7 Å². The number of nitrogens with one attached hydrogen (secondary N) is 2. The minimum Gasteiger partial charge on any atom is -0.325 e. The van der Waals surface area contributed by atoms with E-state index in [0.29, 0.717) is 12.1 Å².